The van der Waals surface area contributed by atoms with E-state index < -0.39 is 10.0 Å². The van der Waals surface area contributed by atoms with Gasteiger partial charge in [-0.1, -0.05) is 5.16 Å². The highest BCUT2D eigenvalue weighted by Crippen LogP contribution is 2.42. The maximum atomic E-state index is 13.2. The molecule has 2 aromatic rings. The predicted octanol–water partition coefficient (Wildman–Crippen LogP) is 2.83. The fourth-order valence-corrected chi connectivity index (χ4v) is 5.37. The van der Waals surface area contributed by atoms with E-state index >= 15 is 0 Å². The molecule has 0 amide bonds. The first-order valence-electron chi connectivity index (χ1n) is 8.06. The third-order valence-corrected chi connectivity index (χ3v) is 6.69. The van der Waals surface area contributed by atoms with Crippen LogP contribution in [0.25, 0.3) is 0 Å². The van der Waals surface area contributed by atoms with Crippen molar-refractivity contribution in [1.29, 1.82) is 0 Å². The van der Waals surface area contributed by atoms with Crippen LogP contribution in [0.2, 0.25) is 0 Å². The highest BCUT2D eigenvalue weighted by Gasteiger charge is 2.40. The molecule has 136 valence electrons. The summed E-state index contributed by atoms with van der Waals surface area (Å²) < 4.78 is 43.8. The zero-order valence-electron chi connectivity index (χ0n) is 14.8. The Morgan fingerprint density at radius 2 is 2.00 bits per heavy atom. The second-order valence-corrected chi connectivity index (χ2v) is 7.86. The Labute approximate surface area is 147 Å². The molecule has 1 fully saturated rings. The van der Waals surface area contributed by atoms with Crippen LogP contribution in [0.15, 0.2) is 27.6 Å². The second-order valence-electron chi connectivity index (χ2n) is 6.03. The van der Waals surface area contributed by atoms with E-state index in [2.05, 4.69) is 5.16 Å². The molecule has 1 aromatic carbocycles. The summed E-state index contributed by atoms with van der Waals surface area (Å²) in [4.78, 5) is 0.154. The number of methoxy groups -OCH3 is 2. The van der Waals surface area contributed by atoms with Gasteiger partial charge in [0.1, 0.15) is 22.1 Å². The summed E-state index contributed by atoms with van der Waals surface area (Å²) in [5.41, 5.74) is 1.18. The molecule has 8 heteroatoms. The first-order chi connectivity index (χ1) is 11.9. The zero-order valence-corrected chi connectivity index (χ0v) is 15.6. The predicted molar refractivity (Wildman–Crippen MR) is 91.4 cm³/mol. The number of hydrogen-bond donors (Lipinski definition) is 0. The van der Waals surface area contributed by atoms with Crippen molar-refractivity contribution in [3.63, 3.8) is 0 Å². The van der Waals surface area contributed by atoms with Crippen molar-refractivity contribution < 1.29 is 22.4 Å². The normalized spacial score (nSPS) is 18.5. The Morgan fingerprint density at radius 3 is 2.60 bits per heavy atom. The minimum absolute atomic E-state index is 0.154. The fraction of sp³-hybridized carbons (Fsp3) is 0.471. The van der Waals surface area contributed by atoms with Gasteiger partial charge in [-0.2, -0.15) is 4.31 Å². The van der Waals surface area contributed by atoms with Crippen molar-refractivity contribution in [1.82, 2.24) is 9.46 Å². The van der Waals surface area contributed by atoms with Crippen LogP contribution in [0, 0.1) is 13.8 Å². The summed E-state index contributed by atoms with van der Waals surface area (Å²) >= 11 is 0. The summed E-state index contributed by atoms with van der Waals surface area (Å²) in [5, 5.41) is 3.79. The monoisotopic (exact) mass is 366 g/mol. The van der Waals surface area contributed by atoms with Gasteiger partial charge in [0.15, 0.2) is 5.76 Å². The number of hydrogen-bond acceptors (Lipinski definition) is 6. The van der Waals surface area contributed by atoms with Gasteiger partial charge in [0.2, 0.25) is 10.0 Å². The second kappa shape index (κ2) is 6.68. The minimum Gasteiger partial charge on any atom is -0.497 e. The van der Waals surface area contributed by atoms with Crippen LogP contribution < -0.4 is 9.47 Å². The maximum Gasteiger partial charge on any atom is 0.249 e. The van der Waals surface area contributed by atoms with Crippen molar-refractivity contribution in [3.8, 4) is 11.5 Å². The Balaban J connectivity index is 2.07. The number of aryl methyl sites for hydroxylation is 2. The lowest BCUT2D eigenvalue weighted by Crippen LogP contribution is -2.31. The Bertz CT molecular complexity index is 856. The Hall–Kier alpha value is -2.06. The number of sulfonamides is 1. The number of aromatic nitrogens is 1. The van der Waals surface area contributed by atoms with Gasteiger partial charge in [0.05, 0.1) is 20.3 Å². The summed E-state index contributed by atoms with van der Waals surface area (Å²) in [6.07, 6.45) is 1.49. The molecule has 0 unspecified atom stereocenters. The molecule has 1 atom stereocenters. The zero-order chi connectivity index (χ0) is 18.2. The van der Waals surface area contributed by atoms with Crippen LogP contribution in [0.5, 0.6) is 11.5 Å². The van der Waals surface area contributed by atoms with Gasteiger partial charge < -0.3 is 14.0 Å². The molecular formula is C17H22N2O5S. The molecular weight excluding hydrogens is 344 g/mol. The molecule has 0 N–H and O–H groups in total. The molecule has 0 spiro atoms. The van der Waals surface area contributed by atoms with Crippen LogP contribution in [-0.2, 0) is 10.0 Å². The highest BCUT2D eigenvalue weighted by molar-refractivity contribution is 7.89. The average molecular weight is 366 g/mol. The first-order valence-corrected chi connectivity index (χ1v) is 9.50. The molecule has 0 radical (unpaired) electrons. The van der Waals surface area contributed by atoms with Gasteiger partial charge in [-0.15, -0.1) is 0 Å². The third-order valence-electron chi connectivity index (χ3n) is 4.53. The standard InChI is InChI=1S/C17H22N2O5S/c1-11-17(12(2)24-18-11)25(20,21)19-9-5-6-15(19)14-10-13(22-3)7-8-16(14)23-4/h7-8,10,15H,5-6,9H2,1-4H3/t15-/m0/s1. The van der Waals surface area contributed by atoms with E-state index in [1.807, 2.05) is 6.07 Å². The van der Waals surface area contributed by atoms with Gasteiger partial charge in [-0.3, -0.25) is 0 Å². The maximum absolute atomic E-state index is 13.2. The van der Waals surface area contributed by atoms with E-state index in [9.17, 15) is 8.42 Å². The highest BCUT2D eigenvalue weighted by atomic mass is 32.2. The number of ether oxygens (including phenoxy) is 2. The van der Waals surface area contributed by atoms with Gasteiger partial charge in [-0.25, -0.2) is 8.42 Å². The van der Waals surface area contributed by atoms with E-state index in [1.54, 1.807) is 40.2 Å². The molecule has 2 heterocycles. The lowest BCUT2D eigenvalue weighted by molar-refractivity contribution is 0.360. The molecule has 25 heavy (non-hydrogen) atoms. The van der Waals surface area contributed by atoms with Crippen molar-refractivity contribution >= 4 is 10.0 Å². The van der Waals surface area contributed by atoms with Crippen LogP contribution in [-0.4, -0.2) is 38.6 Å². The van der Waals surface area contributed by atoms with Crippen LogP contribution in [0.1, 0.15) is 35.9 Å². The molecule has 0 bridgehead atoms. The van der Waals surface area contributed by atoms with Crippen molar-refractivity contribution in [2.45, 2.75) is 37.6 Å². The minimum atomic E-state index is -3.72. The number of rotatable bonds is 5. The van der Waals surface area contributed by atoms with Crippen molar-refractivity contribution in [3.05, 3.63) is 35.2 Å². The largest absolute Gasteiger partial charge is 0.497 e. The van der Waals surface area contributed by atoms with E-state index in [0.717, 1.165) is 12.0 Å². The molecule has 0 saturated carbocycles. The Kier molecular flexibility index (Phi) is 4.75. The lowest BCUT2D eigenvalue weighted by Gasteiger charge is -2.25. The molecule has 0 aliphatic carbocycles. The molecule has 1 aliphatic heterocycles. The number of nitrogens with zero attached hydrogens (tertiary/aromatic N) is 2. The van der Waals surface area contributed by atoms with Crippen LogP contribution >= 0.6 is 0 Å². The molecule has 3 rings (SSSR count). The summed E-state index contributed by atoms with van der Waals surface area (Å²) in [5.74, 6) is 1.62. The average Bonchev–Trinajstić information content (AvgIpc) is 3.21. The van der Waals surface area contributed by atoms with Crippen molar-refractivity contribution in [2.75, 3.05) is 20.8 Å². The number of benzene rings is 1. The van der Waals surface area contributed by atoms with E-state index in [-0.39, 0.29) is 10.9 Å². The van der Waals surface area contributed by atoms with Crippen LogP contribution in [0.3, 0.4) is 0 Å². The topological polar surface area (TPSA) is 81.9 Å². The Morgan fingerprint density at radius 1 is 1.24 bits per heavy atom. The van der Waals surface area contributed by atoms with Gasteiger partial charge in [-0.05, 0) is 44.9 Å². The lowest BCUT2D eigenvalue weighted by atomic mass is 10.0. The molecule has 1 aliphatic rings. The van der Waals surface area contributed by atoms with E-state index in [0.29, 0.717) is 35.9 Å². The summed E-state index contributed by atoms with van der Waals surface area (Å²) in [6, 6.07) is 5.12. The van der Waals surface area contributed by atoms with E-state index in [1.165, 1.54) is 4.31 Å². The third kappa shape index (κ3) is 3.00. The molecule has 7 nitrogen and oxygen atoms in total. The first kappa shape index (κ1) is 17.8. The van der Waals surface area contributed by atoms with Gasteiger partial charge in [0.25, 0.3) is 0 Å². The fourth-order valence-electron chi connectivity index (χ4n) is 3.40. The summed E-state index contributed by atoms with van der Waals surface area (Å²) in [6.45, 7) is 3.70. The van der Waals surface area contributed by atoms with Gasteiger partial charge in [0, 0.05) is 12.1 Å². The quantitative estimate of drug-likeness (QED) is 0.809. The van der Waals surface area contributed by atoms with Gasteiger partial charge >= 0.3 is 0 Å². The molecule has 1 saturated heterocycles. The SMILES string of the molecule is COc1ccc(OC)c([C@@H]2CCCN2S(=O)(=O)c2c(C)noc2C)c1. The molecule has 1 aromatic heterocycles. The smallest absolute Gasteiger partial charge is 0.249 e. The van der Waals surface area contributed by atoms with Crippen molar-refractivity contribution in [2.24, 2.45) is 0 Å². The summed E-state index contributed by atoms with van der Waals surface area (Å²) in [7, 11) is -0.559. The van der Waals surface area contributed by atoms with E-state index in [4.69, 9.17) is 14.0 Å². The van der Waals surface area contributed by atoms with Crippen LogP contribution in [0.4, 0.5) is 0 Å².